The molecule has 3 amide bonds. The van der Waals surface area contributed by atoms with Crippen LogP contribution in [-0.4, -0.2) is 51.6 Å². The van der Waals surface area contributed by atoms with Crippen LogP contribution in [0.15, 0.2) is 18.2 Å². The summed E-state index contributed by atoms with van der Waals surface area (Å²) in [7, 11) is 0. The van der Waals surface area contributed by atoms with E-state index >= 15 is 0 Å². The number of imide groups is 1. The minimum Gasteiger partial charge on any atom is -0.338 e. The number of nitro groups is 1. The van der Waals surface area contributed by atoms with E-state index in [1.807, 2.05) is 4.90 Å². The number of carbonyl (C=O) groups excluding carboxylic acids is 3. The standard InChI is InChI=1S/C20H23N3O5/c1-19(2)7-13-8-20(3,10-19)11-22(13)16(24)9-21-17(25)14-5-4-12(23(27)28)6-15(14)18(21)26/h4-6,13H,7-11H2,1-3H3/t13-,20+/m1/s1. The van der Waals surface area contributed by atoms with Crippen molar-refractivity contribution >= 4 is 23.4 Å². The molecular formula is C20H23N3O5. The largest absolute Gasteiger partial charge is 0.338 e. The van der Waals surface area contributed by atoms with Crippen LogP contribution in [0.5, 0.6) is 0 Å². The number of benzene rings is 1. The Kier molecular flexibility index (Phi) is 3.89. The third-order valence-electron chi connectivity index (χ3n) is 6.19. The molecule has 2 bridgehead atoms. The van der Waals surface area contributed by atoms with E-state index in [0.717, 1.165) is 30.2 Å². The first-order chi connectivity index (χ1) is 13.0. The Morgan fingerprint density at radius 1 is 1.18 bits per heavy atom. The zero-order valence-electron chi connectivity index (χ0n) is 16.2. The molecule has 2 heterocycles. The molecule has 0 unspecified atom stereocenters. The minimum absolute atomic E-state index is 0.0136. The van der Waals surface area contributed by atoms with E-state index in [2.05, 4.69) is 20.8 Å². The number of carbonyl (C=O) groups is 3. The quantitative estimate of drug-likeness (QED) is 0.452. The van der Waals surface area contributed by atoms with E-state index in [0.29, 0.717) is 6.54 Å². The minimum atomic E-state index is -0.647. The van der Waals surface area contributed by atoms with Crippen molar-refractivity contribution < 1.29 is 19.3 Å². The van der Waals surface area contributed by atoms with Crippen molar-refractivity contribution in [3.05, 3.63) is 39.4 Å². The molecule has 4 rings (SSSR count). The van der Waals surface area contributed by atoms with Gasteiger partial charge >= 0.3 is 0 Å². The Morgan fingerprint density at radius 3 is 2.54 bits per heavy atom. The van der Waals surface area contributed by atoms with Crippen molar-refractivity contribution in [2.45, 2.75) is 46.1 Å². The lowest BCUT2D eigenvalue weighted by molar-refractivity contribution is -0.384. The van der Waals surface area contributed by atoms with E-state index in [4.69, 9.17) is 0 Å². The van der Waals surface area contributed by atoms with Crippen molar-refractivity contribution in [2.24, 2.45) is 10.8 Å². The summed E-state index contributed by atoms with van der Waals surface area (Å²) >= 11 is 0. The highest BCUT2D eigenvalue weighted by molar-refractivity contribution is 6.22. The normalized spacial score (nSPS) is 27.9. The Labute approximate surface area is 162 Å². The summed E-state index contributed by atoms with van der Waals surface area (Å²) in [5, 5.41) is 10.9. The van der Waals surface area contributed by atoms with Gasteiger partial charge in [-0.15, -0.1) is 0 Å². The van der Waals surface area contributed by atoms with E-state index in [1.54, 1.807) is 0 Å². The average Bonchev–Trinajstić information content (AvgIpc) is 2.98. The number of likely N-dealkylation sites (tertiary alicyclic amines) is 1. The summed E-state index contributed by atoms with van der Waals surface area (Å²) in [6.07, 6.45) is 2.89. The summed E-state index contributed by atoms with van der Waals surface area (Å²) < 4.78 is 0. The second-order valence-electron chi connectivity index (χ2n) is 9.42. The molecule has 28 heavy (non-hydrogen) atoms. The molecule has 2 aliphatic heterocycles. The second-order valence-corrected chi connectivity index (χ2v) is 9.42. The van der Waals surface area contributed by atoms with Crippen LogP contribution in [0.3, 0.4) is 0 Å². The molecule has 0 N–H and O–H groups in total. The predicted octanol–water partition coefficient (Wildman–Crippen LogP) is 2.62. The number of hydrogen-bond acceptors (Lipinski definition) is 5. The summed E-state index contributed by atoms with van der Waals surface area (Å²) in [5.74, 6) is -1.46. The highest BCUT2D eigenvalue weighted by Gasteiger charge is 2.51. The molecule has 1 aromatic rings. The lowest BCUT2D eigenvalue weighted by Crippen LogP contribution is -2.45. The van der Waals surface area contributed by atoms with E-state index in [9.17, 15) is 24.5 Å². The van der Waals surface area contributed by atoms with Gasteiger partial charge in [-0.05, 0) is 36.2 Å². The van der Waals surface area contributed by atoms with Crippen LogP contribution in [0.2, 0.25) is 0 Å². The Morgan fingerprint density at radius 2 is 1.86 bits per heavy atom. The molecule has 8 heteroatoms. The van der Waals surface area contributed by atoms with Crippen LogP contribution in [0.4, 0.5) is 5.69 Å². The van der Waals surface area contributed by atoms with Crippen LogP contribution < -0.4 is 0 Å². The van der Waals surface area contributed by atoms with Crippen molar-refractivity contribution in [1.82, 2.24) is 9.80 Å². The number of nitro benzene ring substituents is 1. The number of amides is 3. The van der Waals surface area contributed by atoms with Crippen LogP contribution in [0.25, 0.3) is 0 Å². The van der Waals surface area contributed by atoms with Gasteiger partial charge < -0.3 is 4.90 Å². The summed E-state index contributed by atoms with van der Waals surface area (Å²) in [5.41, 5.74) is 0.0553. The van der Waals surface area contributed by atoms with Gasteiger partial charge in [0.1, 0.15) is 6.54 Å². The maximum atomic E-state index is 13.0. The van der Waals surface area contributed by atoms with Crippen LogP contribution in [0, 0.1) is 20.9 Å². The zero-order valence-corrected chi connectivity index (χ0v) is 16.2. The molecule has 2 fully saturated rings. The zero-order chi connectivity index (χ0) is 20.4. The molecule has 1 saturated heterocycles. The number of nitrogens with zero attached hydrogens (tertiary/aromatic N) is 3. The van der Waals surface area contributed by atoms with Gasteiger partial charge in [0.25, 0.3) is 17.5 Å². The van der Waals surface area contributed by atoms with Gasteiger partial charge in [-0.2, -0.15) is 0 Å². The average molecular weight is 385 g/mol. The highest BCUT2D eigenvalue weighted by Crippen LogP contribution is 2.52. The Hall–Kier alpha value is -2.77. The van der Waals surface area contributed by atoms with Crippen molar-refractivity contribution in [2.75, 3.05) is 13.1 Å². The van der Waals surface area contributed by atoms with Crippen molar-refractivity contribution in [1.29, 1.82) is 0 Å². The molecular weight excluding hydrogens is 362 g/mol. The lowest BCUT2D eigenvalue weighted by Gasteiger charge is -2.39. The fraction of sp³-hybridized carbons (Fsp3) is 0.550. The van der Waals surface area contributed by atoms with Crippen molar-refractivity contribution in [3.63, 3.8) is 0 Å². The smallest absolute Gasteiger partial charge is 0.270 e. The van der Waals surface area contributed by atoms with Crippen LogP contribution in [0.1, 0.15) is 60.7 Å². The maximum absolute atomic E-state index is 13.0. The number of hydrogen-bond donors (Lipinski definition) is 0. The molecule has 0 radical (unpaired) electrons. The number of rotatable bonds is 3. The molecule has 8 nitrogen and oxygen atoms in total. The fourth-order valence-electron chi connectivity index (χ4n) is 5.51. The molecule has 2 atom stereocenters. The van der Waals surface area contributed by atoms with Gasteiger partial charge in [0.15, 0.2) is 0 Å². The number of non-ortho nitro benzene ring substituents is 1. The number of fused-ring (bicyclic) bond motifs is 3. The lowest BCUT2D eigenvalue weighted by atomic mass is 9.65. The molecule has 148 valence electrons. The molecule has 1 aromatic carbocycles. The van der Waals surface area contributed by atoms with Gasteiger partial charge in [-0.25, -0.2) is 0 Å². The van der Waals surface area contributed by atoms with Crippen LogP contribution >= 0.6 is 0 Å². The maximum Gasteiger partial charge on any atom is 0.270 e. The Balaban J connectivity index is 1.54. The topological polar surface area (TPSA) is 101 Å². The third-order valence-corrected chi connectivity index (χ3v) is 6.19. The summed E-state index contributed by atoms with van der Waals surface area (Å²) in [4.78, 5) is 51.3. The van der Waals surface area contributed by atoms with Crippen LogP contribution in [-0.2, 0) is 4.79 Å². The van der Waals surface area contributed by atoms with E-state index < -0.39 is 16.7 Å². The molecule has 3 aliphatic rings. The van der Waals surface area contributed by atoms with E-state index in [1.165, 1.54) is 12.1 Å². The predicted molar refractivity (Wildman–Crippen MR) is 99.7 cm³/mol. The Bertz CT molecular complexity index is 924. The third kappa shape index (κ3) is 2.87. The molecule has 0 spiro atoms. The first-order valence-electron chi connectivity index (χ1n) is 9.44. The summed E-state index contributed by atoms with van der Waals surface area (Å²) in [6, 6.07) is 3.70. The van der Waals surface area contributed by atoms with Gasteiger partial charge in [-0.3, -0.25) is 29.4 Å². The molecule has 1 aliphatic carbocycles. The first-order valence-corrected chi connectivity index (χ1v) is 9.44. The monoisotopic (exact) mass is 385 g/mol. The van der Waals surface area contributed by atoms with Gasteiger partial charge in [-0.1, -0.05) is 20.8 Å². The van der Waals surface area contributed by atoms with E-state index in [-0.39, 0.29) is 46.1 Å². The van der Waals surface area contributed by atoms with Gasteiger partial charge in [0.05, 0.1) is 16.1 Å². The second kappa shape index (κ2) is 5.86. The summed E-state index contributed by atoms with van der Waals surface area (Å²) in [6.45, 7) is 6.92. The van der Waals surface area contributed by atoms with Crippen molar-refractivity contribution in [3.8, 4) is 0 Å². The molecule has 1 saturated carbocycles. The first kappa shape index (κ1) is 18.6. The van der Waals surface area contributed by atoms with Gasteiger partial charge in [0, 0.05) is 24.7 Å². The van der Waals surface area contributed by atoms with Gasteiger partial charge in [0.2, 0.25) is 5.91 Å². The molecule has 0 aromatic heterocycles. The SMILES string of the molecule is CC1(C)C[C@@H]2C[C@](C)(CN2C(=O)CN2C(=O)c3ccc([N+](=O)[O-])cc3C2=O)C1. The fourth-order valence-corrected chi connectivity index (χ4v) is 5.51. The highest BCUT2D eigenvalue weighted by atomic mass is 16.6.